The second kappa shape index (κ2) is 8.45. The molecule has 1 aromatic carbocycles. The molecule has 0 unspecified atom stereocenters. The van der Waals surface area contributed by atoms with Crippen molar-refractivity contribution in [3.8, 4) is 6.07 Å². The third-order valence-electron chi connectivity index (χ3n) is 4.68. The number of pyridine rings is 1. The number of benzene rings is 1. The summed E-state index contributed by atoms with van der Waals surface area (Å²) in [5.74, 6) is -0.221. The van der Waals surface area contributed by atoms with Crippen LogP contribution in [0.3, 0.4) is 0 Å². The van der Waals surface area contributed by atoms with Gasteiger partial charge in [0.2, 0.25) is 5.91 Å². The second-order valence-electron chi connectivity index (χ2n) is 6.69. The molecule has 1 aromatic heterocycles. The maximum absolute atomic E-state index is 11.4. The zero-order valence-electron chi connectivity index (χ0n) is 14.7. The average Bonchev–Trinajstić information content (AvgIpc) is 2.67. The van der Waals surface area contributed by atoms with E-state index < -0.39 is 0 Å². The smallest absolute Gasteiger partial charge is 0.221 e. The molecule has 1 saturated heterocycles. The lowest BCUT2D eigenvalue weighted by molar-refractivity contribution is -0.123. The van der Waals surface area contributed by atoms with Gasteiger partial charge in [-0.15, -0.1) is 0 Å². The molecule has 0 saturated carbocycles. The monoisotopic (exact) mass is 349 g/mol. The highest BCUT2D eigenvalue weighted by molar-refractivity contribution is 5.76. The van der Waals surface area contributed by atoms with Crippen molar-refractivity contribution in [2.24, 2.45) is 11.7 Å². The Morgan fingerprint density at radius 3 is 2.92 bits per heavy atom. The Bertz CT molecular complexity index is 797. The lowest BCUT2D eigenvalue weighted by Gasteiger charge is -2.31. The van der Waals surface area contributed by atoms with Crippen LogP contribution in [0.25, 0.3) is 0 Å². The molecule has 1 aliphatic heterocycles. The molecule has 0 aliphatic carbocycles. The van der Waals surface area contributed by atoms with Crippen LogP contribution in [0.2, 0.25) is 0 Å². The van der Waals surface area contributed by atoms with Crippen molar-refractivity contribution in [1.29, 1.82) is 5.26 Å². The number of nitriles is 1. The van der Waals surface area contributed by atoms with Crippen LogP contribution in [-0.2, 0) is 17.9 Å². The average molecular weight is 349 g/mol. The van der Waals surface area contributed by atoms with E-state index in [1.165, 1.54) is 11.1 Å². The summed E-state index contributed by atoms with van der Waals surface area (Å²) in [5.41, 5.74) is 9.16. The van der Waals surface area contributed by atoms with Gasteiger partial charge in [0.25, 0.3) is 0 Å². The minimum atomic E-state index is -0.191. The Kier molecular flexibility index (Phi) is 5.82. The second-order valence-corrected chi connectivity index (χ2v) is 6.69. The van der Waals surface area contributed by atoms with Gasteiger partial charge >= 0.3 is 0 Å². The highest BCUT2D eigenvalue weighted by atomic mass is 16.1. The van der Waals surface area contributed by atoms with Gasteiger partial charge in [-0.05, 0) is 42.6 Å². The molecule has 26 heavy (non-hydrogen) atoms. The van der Waals surface area contributed by atoms with E-state index in [1.54, 1.807) is 12.3 Å². The molecule has 0 radical (unpaired) electrons. The van der Waals surface area contributed by atoms with Crippen LogP contribution >= 0.6 is 0 Å². The van der Waals surface area contributed by atoms with Crippen molar-refractivity contribution >= 4 is 11.6 Å². The number of rotatable bonds is 6. The molecule has 1 amide bonds. The maximum atomic E-state index is 11.4. The largest absolute Gasteiger partial charge is 0.380 e. The van der Waals surface area contributed by atoms with E-state index >= 15 is 0 Å². The van der Waals surface area contributed by atoms with Gasteiger partial charge in [-0.3, -0.25) is 9.69 Å². The van der Waals surface area contributed by atoms with Crippen LogP contribution < -0.4 is 11.1 Å². The zero-order valence-corrected chi connectivity index (χ0v) is 14.7. The number of anilines is 1. The number of amides is 1. The van der Waals surface area contributed by atoms with Crippen LogP contribution in [0.15, 0.2) is 42.6 Å². The van der Waals surface area contributed by atoms with Gasteiger partial charge in [-0.1, -0.05) is 24.3 Å². The number of hydrogen-bond acceptors (Lipinski definition) is 5. The molecule has 2 aromatic rings. The molecular formula is C20H23N5O. The van der Waals surface area contributed by atoms with Gasteiger partial charge in [0.15, 0.2) is 0 Å². The van der Waals surface area contributed by atoms with E-state index in [1.807, 2.05) is 12.1 Å². The number of nitrogens with one attached hydrogen (secondary N) is 1. The number of likely N-dealkylation sites (tertiary alicyclic amines) is 1. The third kappa shape index (κ3) is 4.80. The van der Waals surface area contributed by atoms with Crippen molar-refractivity contribution < 1.29 is 4.79 Å². The van der Waals surface area contributed by atoms with Crippen molar-refractivity contribution in [3.63, 3.8) is 0 Å². The fraction of sp³-hybridized carbons (Fsp3) is 0.350. The van der Waals surface area contributed by atoms with Gasteiger partial charge in [0.1, 0.15) is 11.8 Å². The maximum Gasteiger partial charge on any atom is 0.221 e. The first kappa shape index (κ1) is 17.9. The number of nitrogens with two attached hydrogens (primary N) is 1. The number of nitrogens with zero attached hydrogens (tertiary/aromatic N) is 3. The lowest BCUT2D eigenvalue weighted by Crippen LogP contribution is -2.40. The first-order valence-electron chi connectivity index (χ1n) is 8.83. The van der Waals surface area contributed by atoms with Crippen LogP contribution in [0, 0.1) is 17.2 Å². The van der Waals surface area contributed by atoms with Crippen LogP contribution in [0.1, 0.15) is 29.7 Å². The quantitative estimate of drug-likeness (QED) is 0.834. The lowest BCUT2D eigenvalue weighted by atomic mass is 9.97. The number of piperidine rings is 1. The first-order chi connectivity index (χ1) is 12.6. The molecule has 3 N–H and O–H groups in total. The van der Waals surface area contributed by atoms with Crippen molar-refractivity contribution in [1.82, 2.24) is 9.88 Å². The Morgan fingerprint density at radius 1 is 1.35 bits per heavy atom. The highest BCUT2D eigenvalue weighted by Crippen LogP contribution is 2.19. The summed E-state index contributed by atoms with van der Waals surface area (Å²) < 4.78 is 0. The Morgan fingerprint density at radius 2 is 2.19 bits per heavy atom. The number of carbonyl (C=O) groups is 1. The van der Waals surface area contributed by atoms with Gasteiger partial charge in [-0.25, -0.2) is 4.98 Å². The van der Waals surface area contributed by atoms with Crippen molar-refractivity contribution in [2.75, 3.05) is 18.4 Å². The Labute approximate surface area is 153 Å². The van der Waals surface area contributed by atoms with Crippen LogP contribution in [0.4, 0.5) is 5.69 Å². The molecule has 6 heteroatoms. The van der Waals surface area contributed by atoms with E-state index in [-0.39, 0.29) is 11.8 Å². The molecule has 3 rings (SSSR count). The molecule has 1 atom stereocenters. The number of aromatic nitrogens is 1. The number of primary amides is 1. The minimum absolute atomic E-state index is 0.0301. The summed E-state index contributed by atoms with van der Waals surface area (Å²) >= 11 is 0. The predicted octanol–water partition coefficient (Wildman–Crippen LogP) is 2.26. The number of hydrogen-bond donors (Lipinski definition) is 2. The topological polar surface area (TPSA) is 95.0 Å². The van der Waals surface area contributed by atoms with Crippen molar-refractivity contribution in [3.05, 3.63) is 59.4 Å². The molecule has 1 aliphatic rings. The predicted molar refractivity (Wildman–Crippen MR) is 99.9 cm³/mol. The highest BCUT2D eigenvalue weighted by Gasteiger charge is 2.23. The van der Waals surface area contributed by atoms with E-state index in [9.17, 15) is 4.79 Å². The Hall–Kier alpha value is -2.91. The summed E-state index contributed by atoms with van der Waals surface area (Å²) in [6.07, 6.45) is 3.58. The minimum Gasteiger partial charge on any atom is -0.380 e. The molecule has 134 valence electrons. The summed E-state index contributed by atoms with van der Waals surface area (Å²) in [6.45, 7) is 3.26. The summed E-state index contributed by atoms with van der Waals surface area (Å²) in [6, 6.07) is 14.0. The summed E-state index contributed by atoms with van der Waals surface area (Å²) in [5, 5.41) is 12.1. The summed E-state index contributed by atoms with van der Waals surface area (Å²) in [4.78, 5) is 17.8. The summed E-state index contributed by atoms with van der Waals surface area (Å²) in [7, 11) is 0. The molecule has 6 nitrogen and oxygen atoms in total. The molecule has 0 bridgehead atoms. The van der Waals surface area contributed by atoms with Gasteiger partial charge in [-0.2, -0.15) is 5.26 Å². The number of carbonyl (C=O) groups excluding carboxylic acids is 1. The Balaban J connectivity index is 1.57. The third-order valence-corrected chi connectivity index (χ3v) is 4.68. The van der Waals surface area contributed by atoms with Gasteiger partial charge < -0.3 is 11.1 Å². The van der Waals surface area contributed by atoms with Gasteiger partial charge in [0.05, 0.1) is 17.8 Å². The molecular weight excluding hydrogens is 326 g/mol. The zero-order chi connectivity index (χ0) is 18.4. The van der Waals surface area contributed by atoms with Gasteiger partial charge in [0, 0.05) is 19.6 Å². The molecule has 1 fully saturated rings. The normalized spacial score (nSPS) is 17.4. The fourth-order valence-corrected chi connectivity index (χ4v) is 3.30. The fourth-order valence-electron chi connectivity index (χ4n) is 3.30. The standard InChI is InChI=1S/C20H23N5O/c21-10-18-6-7-19(12-24-18)23-11-15-3-1-4-16(9-15)13-25-8-2-5-17(14-25)20(22)26/h1,3-4,6-7,9,12,17,23H,2,5,8,11,13-14H2,(H2,22,26)/t17-/m1/s1. The van der Waals surface area contributed by atoms with Crippen LogP contribution in [0.5, 0.6) is 0 Å². The van der Waals surface area contributed by atoms with Crippen LogP contribution in [-0.4, -0.2) is 28.9 Å². The van der Waals surface area contributed by atoms with E-state index in [0.29, 0.717) is 12.2 Å². The van der Waals surface area contributed by atoms with E-state index in [0.717, 1.165) is 38.2 Å². The van der Waals surface area contributed by atoms with E-state index in [2.05, 4.69) is 39.5 Å². The van der Waals surface area contributed by atoms with Crippen molar-refractivity contribution in [2.45, 2.75) is 25.9 Å². The van der Waals surface area contributed by atoms with E-state index in [4.69, 9.17) is 11.0 Å². The molecule has 2 heterocycles. The molecule has 0 spiro atoms. The SMILES string of the molecule is N#Cc1ccc(NCc2cccc(CN3CCC[C@@H](C(N)=O)C3)c2)cn1. The first-order valence-corrected chi connectivity index (χ1v) is 8.83.